The van der Waals surface area contributed by atoms with Gasteiger partial charge in [0.05, 0.1) is 47.1 Å². The fourth-order valence-electron chi connectivity index (χ4n) is 5.59. The Morgan fingerprint density at radius 2 is 1.67 bits per heavy atom. The van der Waals surface area contributed by atoms with Crippen molar-refractivity contribution in [1.29, 1.82) is 0 Å². The van der Waals surface area contributed by atoms with Gasteiger partial charge in [-0.3, -0.25) is 9.36 Å². The molecule has 3 aromatic carbocycles. The highest BCUT2D eigenvalue weighted by molar-refractivity contribution is 9.10. The van der Waals surface area contributed by atoms with E-state index in [1.54, 1.807) is 44.8 Å². The van der Waals surface area contributed by atoms with Gasteiger partial charge < -0.3 is 18.9 Å². The topological polar surface area (TPSA) is 88.4 Å². The van der Waals surface area contributed by atoms with Crippen LogP contribution in [0.4, 0.5) is 0 Å². The molecule has 2 heterocycles. The van der Waals surface area contributed by atoms with E-state index in [9.17, 15) is 9.59 Å². The highest BCUT2D eigenvalue weighted by Crippen LogP contribution is 2.35. The SMILES string of the molecule is CCOC(=O)C1=C(C)N=c2s/c(=C/c3ccc(OCc4c(C)cc(C)cc4C)c(OC)c3)c(=O)n2[C@@H]1c1ccc(OC)c(Br)c1. The summed E-state index contributed by atoms with van der Waals surface area (Å²) in [6.45, 7) is 10.4. The zero-order chi connectivity index (χ0) is 32.4. The van der Waals surface area contributed by atoms with Gasteiger partial charge in [-0.25, -0.2) is 9.79 Å². The summed E-state index contributed by atoms with van der Waals surface area (Å²) in [5.41, 5.74) is 6.75. The fourth-order valence-corrected chi connectivity index (χ4v) is 7.20. The number of benzene rings is 3. The number of carbonyl (C=O) groups is 1. The number of allylic oxidation sites excluding steroid dienone is 1. The number of fused-ring (bicyclic) bond motifs is 1. The molecule has 1 atom stereocenters. The summed E-state index contributed by atoms with van der Waals surface area (Å²) < 4.78 is 25.4. The van der Waals surface area contributed by atoms with Crippen LogP contribution in [-0.2, 0) is 16.1 Å². The number of esters is 1. The van der Waals surface area contributed by atoms with Crippen LogP contribution in [-0.4, -0.2) is 31.4 Å². The van der Waals surface area contributed by atoms with Gasteiger partial charge >= 0.3 is 5.97 Å². The molecule has 10 heteroatoms. The molecule has 5 rings (SSSR count). The zero-order valence-corrected chi connectivity index (χ0v) is 28.7. The number of thiazole rings is 1. The van der Waals surface area contributed by atoms with Crippen molar-refractivity contribution in [2.45, 2.75) is 47.3 Å². The van der Waals surface area contributed by atoms with Gasteiger partial charge in [-0.15, -0.1) is 0 Å². The minimum atomic E-state index is -0.733. The van der Waals surface area contributed by atoms with Crippen molar-refractivity contribution in [2.75, 3.05) is 20.8 Å². The van der Waals surface area contributed by atoms with Crippen molar-refractivity contribution < 1.29 is 23.7 Å². The van der Waals surface area contributed by atoms with E-state index in [1.807, 2.05) is 30.3 Å². The Bertz CT molecular complexity index is 1990. The summed E-state index contributed by atoms with van der Waals surface area (Å²) in [5.74, 6) is 1.28. The third kappa shape index (κ3) is 6.48. The molecule has 234 valence electrons. The number of ether oxygens (including phenoxy) is 4. The Balaban J connectivity index is 1.55. The van der Waals surface area contributed by atoms with E-state index >= 15 is 0 Å². The summed E-state index contributed by atoms with van der Waals surface area (Å²) in [5, 5.41) is 0. The summed E-state index contributed by atoms with van der Waals surface area (Å²) in [7, 11) is 3.17. The van der Waals surface area contributed by atoms with Gasteiger partial charge in [-0.05, 0) is 109 Å². The summed E-state index contributed by atoms with van der Waals surface area (Å²) in [4.78, 5) is 32.4. The second-order valence-corrected chi connectivity index (χ2v) is 12.6. The Kier molecular flexibility index (Phi) is 9.65. The maximum absolute atomic E-state index is 14.0. The second-order valence-electron chi connectivity index (χ2n) is 10.8. The Morgan fingerprint density at radius 3 is 2.31 bits per heavy atom. The number of aryl methyl sites for hydroxylation is 3. The normalized spacial score (nSPS) is 14.6. The predicted octanol–water partition coefficient (Wildman–Crippen LogP) is 6.08. The van der Waals surface area contributed by atoms with Gasteiger partial charge in [0.15, 0.2) is 16.3 Å². The third-order valence-corrected chi connectivity index (χ3v) is 9.31. The number of rotatable bonds is 9. The molecule has 0 bridgehead atoms. The lowest BCUT2D eigenvalue weighted by Gasteiger charge is -2.25. The first-order valence-corrected chi connectivity index (χ1v) is 16.1. The van der Waals surface area contributed by atoms with Crippen LogP contribution in [0.3, 0.4) is 0 Å². The monoisotopic (exact) mass is 690 g/mol. The average molecular weight is 692 g/mol. The van der Waals surface area contributed by atoms with Gasteiger partial charge in [0.2, 0.25) is 0 Å². The molecule has 0 N–H and O–H groups in total. The van der Waals surface area contributed by atoms with Crippen molar-refractivity contribution in [1.82, 2.24) is 4.57 Å². The molecule has 0 unspecified atom stereocenters. The van der Waals surface area contributed by atoms with Crippen molar-refractivity contribution in [3.63, 3.8) is 0 Å². The molecule has 0 saturated carbocycles. The van der Waals surface area contributed by atoms with Crippen molar-refractivity contribution in [2.24, 2.45) is 4.99 Å². The molecule has 1 aromatic heterocycles. The van der Waals surface area contributed by atoms with Gasteiger partial charge in [0.25, 0.3) is 5.56 Å². The highest BCUT2D eigenvalue weighted by atomic mass is 79.9. The molecular weight excluding hydrogens is 656 g/mol. The lowest BCUT2D eigenvalue weighted by atomic mass is 9.96. The van der Waals surface area contributed by atoms with E-state index in [1.165, 1.54) is 28.0 Å². The smallest absolute Gasteiger partial charge is 0.338 e. The average Bonchev–Trinajstić information content (AvgIpc) is 3.30. The number of aromatic nitrogens is 1. The van der Waals surface area contributed by atoms with Crippen LogP contribution in [0.1, 0.15) is 53.3 Å². The molecule has 0 fully saturated rings. The van der Waals surface area contributed by atoms with Crippen LogP contribution in [0.2, 0.25) is 0 Å². The number of hydrogen-bond acceptors (Lipinski definition) is 8. The Morgan fingerprint density at radius 1 is 0.978 bits per heavy atom. The number of halogens is 1. The number of methoxy groups -OCH3 is 2. The van der Waals surface area contributed by atoms with E-state index in [4.69, 9.17) is 18.9 Å². The van der Waals surface area contributed by atoms with Gasteiger partial charge in [0, 0.05) is 0 Å². The van der Waals surface area contributed by atoms with Crippen molar-refractivity contribution in [3.05, 3.63) is 117 Å². The summed E-state index contributed by atoms with van der Waals surface area (Å²) >= 11 is 4.81. The van der Waals surface area contributed by atoms with E-state index in [2.05, 4.69) is 53.8 Å². The maximum atomic E-state index is 14.0. The molecule has 8 nitrogen and oxygen atoms in total. The molecule has 0 spiro atoms. The largest absolute Gasteiger partial charge is 0.496 e. The first kappa shape index (κ1) is 32.2. The van der Waals surface area contributed by atoms with E-state index in [-0.39, 0.29) is 12.2 Å². The zero-order valence-electron chi connectivity index (χ0n) is 26.3. The van der Waals surface area contributed by atoms with Gasteiger partial charge in [0.1, 0.15) is 12.4 Å². The van der Waals surface area contributed by atoms with Crippen LogP contribution in [0.25, 0.3) is 6.08 Å². The van der Waals surface area contributed by atoms with Crippen LogP contribution >= 0.6 is 27.3 Å². The molecule has 0 radical (unpaired) electrons. The van der Waals surface area contributed by atoms with E-state index < -0.39 is 12.0 Å². The summed E-state index contributed by atoms with van der Waals surface area (Å²) in [6.07, 6.45) is 1.80. The second kappa shape index (κ2) is 13.5. The van der Waals surface area contributed by atoms with Crippen LogP contribution in [0.5, 0.6) is 17.2 Å². The Labute approximate surface area is 274 Å². The minimum Gasteiger partial charge on any atom is -0.496 e. The molecule has 1 aliphatic rings. The molecule has 0 saturated heterocycles. The lowest BCUT2D eigenvalue weighted by molar-refractivity contribution is -0.139. The molecule has 0 amide bonds. The molecule has 4 aromatic rings. The molecule has 1 aliphatic heterocycles. The number of nitrogens with zero attached hydrogens (tertiary/aromatic N) is 2. The number of carbonyl (C=O) groups excluding carboxylic acids is 1. The van der Waals surface area contributed by atoms with Crippen LogP contribution in [0.15, 0.2) is 74.1 Å². The van der Waals surface area contributed by atoms with Crippen molar-refractivity contribution in [3.8, 4) is 17.2 Å². The molecular formula is C35H35BrN2O6S. The van der Waals surface area contributed by atoms with Gasteiger partial charge in [-0.2, -0.15) is 0 Å². The van der Waals surface area contributed by atoms with E-state index in [0.717, 1.165) is 16.7 Å². The molecule has 0 aliphatic carbocycles. The first-order valence-electron chi connectivity index (χ1n) is 14.5. The van der Waals surface area contributed by atoms with Crippen molar-refractivity contribution >= 4 is 39.3 Å². The standard InChI is InChI=1S/C35H35BrN2O6S/c1-8-43-34(40)31-22(5)37-35-38(32(31)24-10-12-27(41-6)26(36)17-24)33(39)30(45-35)16-23-9-11-28(29(15-23)42-7)44-18-25-20(3)13-19(2)14-21(25)4/h9-17,32H,8,18H2,1-7H3/b30-16+/t32-/m1/s1. The quantitative estimate of drug-likeness (QED) is 0.198. The van der Waals surface area contributed by atoms with E-state index in [0.29, 0.717) is 48.9 Å². The van der Waals surface area contributed by atoms with Gasteiger partial charge in [-0.1, -0.05) is 41.2 Å². The predicted molar refractivity (Wildman–Crippen MR) is 179 cm³/mol. The first-order chi connectivity index (χ1) is 21.6. The minimum absolute atomic E-state index is 0.199. The number of hydrogen-bond donors (Lipinski definition) is 0. The maximum Gasteiger partial charge on any atom is 0.338 e. The van der Waals surface area contributed by atoms with Crippen LogP contribution in [0, 0.1) is 20.8 Å². The summed E-state index contributed by atoms with van der Waals surface area (Å²) in [6, 6.07) is 14.6. The fraction of sp³-hybridized carbons (Fsp3) is 0.286. The third-order valence-electron chi connectivity index (χ3n) is 7.71. The highest BCUT2D eigenvalue weighted by Gasteiger charge is 2.33. The van der Waals surface area contributed by atoms with Crippen LogP contribution < -0.4 is 29.1 Å². The lowest BCUT2D eigenvalue weighted by Crippen LogP contribution is -2.39. The molecule has 45 heavy (non-hydrogen) atoms. The Hall–Kier alpha value is -4.15.